The minimum Gasteiger partial charge on any atom is -0.497 e. The smallest absolute Gasteiger partial charge is 0.120 e. The highest BCUT2D eigenvalue weighted by molar-refractivity contribution is 5.50. The molecule has 19 heavy (non-hydrogen) atoms. The van der Waals surface area contributed by atoms with E-state index < -0.39 is 0 Å². The van der Waals surface area contributed by atoms with Gasteiger partial charge in [-0.15, -0.1) is 0 Å². The van der Waals surface area contributed by atoms with Crippen LogP contribution >= 0.6 is 0 Å². The number of benzene rings is 1. The van der Waals surface area contributed by atoms with Crippen LogP contribution in [0.2, 0.25) is 0 Å². The van der Waals surface area contributed by atoms with Crippen molar-refractivity contribution >= 4 is 5.69 Å². The van der Waals surface area contributed by atoms with E-state index in [0.717, 1.165) is 37.6 Å². The van der Waals surface area contributed by atoms with Gasteiger partial charge in [0.2, 0.25) is 0 Å². The van der Waals surface area contributed by atoms with Crippen molar-refractivity contribution in [2.45, 2.75) is 26.4 Å². The molecule has 0 radical (unpaired) electrons. The second kappa shape index (κ2) is 8.77. The van der Waals surface area contributed by atoms with Gasteiger partial charge in [-0.25, -0.2) is 0 Å². The van der Waals surface area contributed by atoms with Gasteiger partial charge in [0.25, 0.3) is 0 Å². The van der Waals surface area contributed by atoms with Crippen LogP contribution in [0.1, 0.15) is 20.3 Å². The number of nitrogens with two attached hydrogens (primary N) is 1. The summed E-state index contributed by atoms with van der Waals surface area (Å²) in [5.74, 6) is 0.875. The van der Waals surface area contributed by atoms with Crippen LogP contribution in [0.5, 0.6) is 5.75 Å². The van der Waals surface area contributed by atoms with Crippen LogP contribution in [0.25, 0.3) is 0 Å². The molecule has 0 fully saturated rings. The summed E-state index contributed by atoms with van der Waals surface area (Å²) in [5, 5.41) is 0. The zero-order chi connectivity index (χ0) is 14.1. The number of rotatable bonds is 9. The number of hydrogen-bond donors (Lipinski definition) is 1. The fraction of sp³-hybridized carbons (Fsp3) is 0.600. The first kappa shape index (κ1) is 15.8. The molecule has 108 valence electrons. The van der Waals surface area contributed by atoms with Gasteiger partial charge in [0.05, 0.1) is 19.8 Å². The minimum atomic E-state index is 0.265. The topological polar surface area (TPSA) is 47.7 Å². The van der Waals surface area contributed by atoms with E-state index >= 15 is 0 Å². The maximum atomic E-state index is 5.63. The number of anilines is 1. The lowest BCUT2D eigenvalue weighted by Crippen LogP contribution is -2.30. The molecule has 2 N–H and O–H groups in total. The molecule has 0 heterocycles. The summed E-state index contributed by atoms with van der Waals surface area (Å²) in [4.78, 5) is 2.29. The van der Waals surface area contributed by atoms with Gasteiger partial charge >= 0.3 is 0 Å². The van der Waals surface area contributed by atoms with E-state index in [4.69, 9.17) is 15.2 Å². The molecule has 0 aliphatic carbocycles. The van der Waals surface area contributed by atoms with Gasteiger partial charge in [-0.2, -0.15) is 0 Å². The highest BCUT2D eigenvalue weighted by Gasteiger charge is 2.07. The second-order valence-corrected chi connectivity index (χ2v) is 4.75. The van der Waals surface area contributed by atoms with E-state index in [2.05, 4.69) is 24.8 Å². The van der Waals surface area contributed by atoms with Crippen molar-refractivity contribution in [3.63, 3.8) is 0 Å². The Labute approximate surface area is 116 Å². The molecule has 0 saturated heterocycles. The first-order valence-electron chi connectivity index (χ1n) is 6.88. The Kier molecular flexibility index (Phi) is 7.30. The van der Waals surface area contributed by atoms with Crippen LogP contribution in [0.15, 0.2) is 24.3 Å². The quantitative estimate of drug-likeness (QED) is 0.745. The number of ether oxygens (including phenoxy) is 2. The molecule has 0 aliphatic heterocycles. The van der Waals surface area contributed by atoms with Gasteiger partial charge in [0.15, 0.2) is 0 Å². The van der Waals surface area contributed by atoms with Gasteiger partial charge in [0.1, 0.15) is 5.75 Å². The van der Waals surface area contributed by atoms with Gasteiger partial charge in [-0.3, -0.25) is 0 Å². The maximum Gasteiger partial charge on any atom is 0.120 e. The molecule has 0 amide bonds. The molecule has 4 heteroatoms. The summed E-state index contributed by atoms with van der Waals surface area (Å²) in [5.41, 5.74) is 6.76. The van der Waals surface area contributed by atoms with Crippen LogP contribution < -0.4 is 15.4 Å². The molecular weight excluding hydrogens is 240 g/mol. The molecule has 0 spiro atoms. The fourth-order valence-corrected chi connectivity index (χ4v) is 1.86. The third-order valence-electron chi connectivity index (χ3n) is 2.86. The van der Waals surface area contributed by atoms with Crippen LogP contribution in [-0.2, 0) is 4.74 Å². The summed E-state index contributed by atoms with van der Waals surface area (Å²) in [6, 6.07) is 8.10. The van der Waals surface area contributed by atoms with E-state index in [9.17, 15) is 0 Å². The van der Waals surface area contributed by atoms with Crippen molar-refractivity contribution in [3.8, 4) is 5.75 Å². The van der Waals surface area contributed by atoms with Crippen molar-refractivity contribution in [2.75, 3.05) is 38.3 Å². The summed E-state index contributed by atoms with van der Waals surface area (Å²) < 4.78 is 10.9. The zero-order valence-electron chi connectivity index (χ0n) is 12.3. The lowest BCUT2D eigenvalue weighted by molar-refractivity contribution is 0.0840. The Bertz CT molecular complexity index is 356. The van der Waals surface area contributed by atoms with Crippen molar-refractivity contribution in [2.24, 2.45) is 5.73 Å². The van der Waals surface area contributed by atoms with Gasteiger partial charge < -0.3 is 20.1 Å². The first-order valence-corrected chi connectivity index (χ1v) is 6.88. The lowest BCUT2D eigenvalue weighted by atomic mass is 10.2. The SMILES string of the molecule is COc1cccc(N(CCCN)CCOC(C)C)c1. The van der Waals surface area contributed by atoms with Gasteiger partial charge in [-0.05, 0) is 38.9 Å². The van der Waals surface area contributed by atoms with Crippen LogP contribution in [0.4, 0.5) is 5.69 Å². The Morgan fingerprint density at radius 3 is 2.68 bits per heavy atom. The third kappa shape index (κ3) is 5.94. The molecule has 0 aromatic heterocycles. The third-order valence-corrected chi connectivity index (χ3v) is 2.86. The molecular formula is C15H26N2O2. The van der Waals surface area contributed by atoms with E-state index in [1.54, 1.807) is 7.11 Å². The van der Waals surface area contributed by atoms with Gasteiger partial charge in [-0.1, -0.05) is 6.07 Å². The predicted octanol–water partition coefficient (Wildman–Crippen LogP) is 2.28. The van der Waals surface area contributed by atoms with Crippen molar-refractivity contribution in [1.82, 2.24) is 0 Å². The molecule has 0 atom stereocenters. The summed E-state index contributed by atoms with van der Waals surface area (Å²) in [7, 11) is 1.69. The highest BCUT2D eigenvalue weighted by atomic mass is 16.5. The Hall–Kier alpha value is -1.26. The number of methoxy groups -OCH3 is 1. The Balaban J connectivity index is 2.65. The van der Waals surface area contributed by atoms with E-state index in [0.29, 0.717) is 6.54 Å². The normalized spacial score (nSPS) is 10.8. The average Bonchev–Trinajstić information content (AvgIpc) is 2.42. The molecule has 4 nitrogen and oxygen atoms in total. The molecule has 0 unspecified atom stereocenters. The number of hydrogen-bond acceptors (Lipinski definition) is 4. The van der Waals surface area contributed by atoms with Crippen LogP contribution in [0.3, 0.4) is 0 Å². The van der Waals surface area contributed by atoms with Crippen molar-refractivity contribution in [3.05, 3.63) is 24.3 Å². The molecule has 1 rings (SSSR count). The van der Waals surface area contributed by atoms with Crippen LogP contribution in [-0.4, -0.2) is 39.5 Å². The average molecular weight is 266 g/mol. The Morgan fingerprint density at radius 1 is 1.26 bits per heavy atom. The number of nitrogens with zero attached hydrogens (tertiary/aromatic N) is 1. The van der Waals surface area contributed by atoms with Crippen molar-refractivity contribution in [1.29, 1.82) is 0 Å². The molecule has 0 aliphatic rings. The first-order chi connectivity index (χ1) is 9.17. The van der Waals surface area contributed by atoms with Gasteiger partial charge in [0, 0.05) is 24.8 Å². The predicted molar refractivity (Wildman–Crippen MR) is 80.0 cm³/mol. The van der Waals surface area contributed by atoms with E-state index in [-0.39, 0.29) is 6.10 Å². The van der Waals surface area contributed by atoms with Crippen molar-refractivity contribution < 1.29 is 9.47 Å². The van der Waals surface area contributed by atoms with E-state index in [1.165, 1.54) is 0 Å². The molecule has 1 aromatic rings. The Morgan fingerprint density at radius 2 is 2.05 bits per heavy atom. The van der Waals surface area contributed by atoms with E-state index in [1.807, 2.05) is 18.2 Å². The van der Waals surface area contributed by atoms with Crippen LogP contribution in [0, 0.1) is 0 Å². The molecule has 0 bridgehead atoms. The second-order valence-electron chi connectivity index (χ2n) is 4.75. The lowest BCUT2D eigenvalue weighted by Gasteiger charge is -2.25. The summed E-state index contributed by atoms with van der Waals surface area (Å²) >= 11 is 0. The summed E-state index contributed by atoms with van der Waals surface area (Å²) in [6.07, 6.45) is 1.24. The minimum absolute atomic E-state index is 0.265. The highest BCUT2D eigenvalue weighted by Crippen LogP contribution is 2.21. The maximum absolute atomic E-state index is 5.63. The molecule has 1 aromatic carbocycles. The summed E-state index contributed by atoms with van der Waals surface area (Å²) in [6.45, 7) is 7.33. The largest absolute Gasteiger partial charge is 0.497 e. The standard InChI is InChI=1S/C15H26N2O2/c1-13(2)19-11-10-17(9-5-8-16)14-6-4-7-15(12-14)18-3/h4,6-7,12-13H,5,8-11,16H2,1-3H3. The monoisotopic (exact) mass is 266 g/mol. The molecule has 0 saturated carbocycles. The zero-order valence-corrected chi connectivity index (χ0v) is 12.3. The fourth-order valence-electron chi connectivity index (χ4n) is 1.86.